The van der Waals surface area contributed by atoms with Gasteiger partial charge in [0.15, 0.2) is 5.78 Å². The van der Waals surface area contributed by atoms with Crippen LogP contribution in [0.15, 0.2) is 24.3 Å². The minimum atomic E-state index is -1.00. The average molecular weight is 312 g/mol. The monoisotopic (exact) mass is 311 g/mol. The number of hydrogen-bond donors (Lipinski definition) is 2. The Morgan fingerprint density at radius 2 is 1.89 bits per heavy atom. The Morgan fingerprint density at radius 1 is 1.28 bits per heavy atom. The molecule has 2 rings (SSSR count). The zero-order valence-corrected chi connectivity index (χ0v) is 11.4. The SMILES string of the molecule is O=C(O)NC1(c2ccc(C(=O)CBr)cc2)CCC1. The molecule has 0 heterocycles. The number of benzene rings is 1. The molecule has 1 aliphatic rings. The predicted molar refractivity (Wildman–Crippen MR) is 71.3 cm³/mol. The molecule has 0 aromatic heterocycles. The number of nitrogens with one attached hydrogen (secondary N) is 1. The van der Waals surface area contributed by atoms with Gasteiger partial charge in [-0.3, -0.25) is 4.79 Å². The highest BCUT2D eigenvalue weighted by Gasteiger charge is 2.40. The van der Waals surface area contributed by atoms with E-state index in [1.54, 1.807) is 12.1 Å². The highest BCUT2D eigenvalue weighted by molar-refractivity contribution is 9.09. The van der Waals surface area contributed by atoms with Crippen LogP contribution in [0.1, 0.15) is 35.2 Å². The zero-order chi connectivity index (χ0) is 13.2. The zero-order valence-electron chi connectivity index (χ0n) is 9.78. The number of rotatable bonds is 4. The summed E-state index contributed by atoms with van der Waals surface area (Å²) in [5.41, 5.74) is 1.12. The first-order valence-corrected chi connectivity index (χ1v) is 6.90. The van der Waals surface area contributed by atoms with Gasteiger partial charge in [-0.2, -0.15) is 0 Å². The molecule has 1 fully saturated rings. The Bertz CT molecular complexity index is 466. The van der Waals surface area contributed by atoms with E-state index >= 15 is 0 Å². The molecule has 2 N–H and O–H groups in total. The second kappa shape index (κ2) is 5.10. The molecule has 1 aliphatic carbocycles. The van der Waals surface area contributed by atoms with Crippen LogP contribution < -0.4 is 5.32 Å². The molecule has 4 nitrogen and oxygen atoms in total. The van der Waals surface area contributed by atoms with Crippen molar-refractivity contribution in [2.45, 2.75) is 24.8 Å². The number of ketones is 1. The number of Topliss-reactive ketones (excluding diaryl/α,β-unsaturated/α-hetero) is 1. The second-order valence-corrected chi connectivity index (χ2v) is 5.06. The standard InChI is InChI=1S/C13H14BrNO3/c14-8-11(16)9-2-4-10(5-3-9)13(6-1-7-13)15-12(17)18/h2-5,15H,1,6-8H2,(H,17,18). The van der Waals surface area contributed by atoms with Crippen LogP contribution in [0.3, 0.4) is 0 Å². The van der Waals surface area contributed by atoms with E-state index in [2.05, 4.69) is 21.2 Å². The van der Waals surface area contributed by atoms with E-state index in [1.165, 1.54) is 0 Å². The van der Waals surface area contributed by atoms with E-state index in [9.17, 15) is 9.59 Å². The Hall–Kier alpha value is -1.36. The van der Waals surface area contributed by atoms with Crippen LogP contribution in [0.5, 0.6) is 0 Å². The van der Waals surface area contributed by atoms with Crippen LogP contribution in [0.4, 0.5) is 4.79 Å². The van der Waals surface area contributed by atoms with Gasteiger partial charge in [0.05, 0.1) is 10.9 Å². The van der Waals surface area contributed by atoms with E-state index in [4.69, 9.17) is 5.11 Å². The molecule has 1 aromatic carbocycles. The molecule has 1 saturated carbocycles. The fourth-order valence-electron chi connectivity index (χ4n) is 2.27. The maximum absolute atomic E-state index is 11.5. The highest BCUT2D eigenvalue weighted by atomic mass is 79.9. The number of carboxylic acid groups (broad SMARTS) is 1. The molecular weight excluding hydrogens is 298 g/mol. The van der Waals surface area contributed by atoms with Crippen molar-refractivity contribution in [3.63, 3.8) is 0 Å². The second-order valence-electron chi connectivity index (χ2n) is 4.50. The van der Waals surface area contributed by atoms with Crippen molar-refractivity contribution in [2.24, 2.45) is 0 Å². The topological polar surface area (TPSA) is 66.4 Å². The van der Waals surface area contributed by atoms with E-state index in [0.29, 0.717) is 10.9 Å². The van der Waals surface area contributed by atoms with Crippen LogP contribution in [-0.4, -0.2) is 22.3 Å². The summed E-state index contributed by atoms with van der Waals surface area (Å²) in [4.78, 5) is 22.3. The number of halogens is 1. The van der Waals surface area contributed by atoms with Crippen LogP contribution in [0.25, 0.3) is 0 Å². The third-order valence-electron chi connectivity index (χ3n) is 3.43. The summed E-state index contributed by atoms with van der Waals surface area (Å²) in [7, 11) is 0. The minimum absolute atomic E-state index is 0.0235. The first-order valence-electron chi connectivity index (χ1n) is 5.78. The number of hydrogen-bond acceptors (Lipinski definition) is 2. The number of amides is 1. The molecule has 1 amide bonds. The third-order valence-corrected chi connectivity index (χ3v) is 3.94. The summed E-state index contributed by atoms with van der Waals surface area (Å²) in [5, 5.41) is 11.8. The Morgan fingerprint density at radius 3 is 2.28 bits per heavy atom. The molecular formula is C13H14BrNO3. The van der Waals surface area contributed by atoms with Gasteiger partial charge in [-0.25, -0.2) is 4.79 Å². The first kappa shape index (κ1) is 13.1. The van der Waals surface area contributed by atoms with Crippen LogP contribution in [0.2, 0.25) is 0 Å². The Balaban J connectivity index is 2.22. The molecule has 0 unspecified atom stereocenters. The molecule has 0 radical (unpaired) electrons. The van der Waals surface area contributed by atoms with Crippen LogP contribution in [-0.2, 0) is 5.54 Å². The number of carbonyl (C=O) groups is 2. The molecule has 18 heavy (non-hydrogen) atoms. The Labute approximate surface area is 114 Å². The van der Waals surface area contributed by atoms with Crippen molar-refractivity contribution < 1.29 is 14.7 Å². The largest absolute Gasteiger partial charge is 0.465 e. The number of carbonyl (C=O) groups excluding carboxylic acids is 1. The number of alkyl halides is 1. The van der Waals surface area contributed by atoms with Gasteiger partial charge in [0.25, 0.3) is 0 Å². The molecule has 0 aliphatic heterocycles. The van der Waals surface area contributed by atoms with Crippen LogP contribution >= 0.6 is 15.9 Å². The van der Waals surface area contributed by atoms with Gasteiger partial charge in [-0.15, -0.1) is 0 Å². The lowest BCUT2D eigenvalue weighted by Gasteiger charge is -2.42. The molecule has 0 spiro atoms. The summed E-state index contributed by atoms with van der Waals surface area (Å²) in [6.45, 7) is 0. The quantitative estimate of drug-likeness (QED) is 0.663. The van der Waals surface area contributed by atoms with Crippen molar-refractivity contribution in [1.29, 1.82) is 0 Å². The van der Waals surface area contributed by atoms with Crippen molar-refractivity contribution >= 4 is 27.8 Å². The summed E-state index contributed by atoms with van der Waals surface area (Å²) in [6, 6.07) is 7.18. The van der Waals surface area contributed by atoms with Gasteiger partial charge in [0.1, 0.15) is 0 Å². The normalized spacial score (nSPS) is 16.7. The molecule has 0 atom stereocenters. The molecule has 0 bridgehead atoms. The van der Waals surface area contributed by atoms with Gasteiger partial charge in [0.2, 0.25) is 0 Å². The summed E-state index contributed by atoms with van der Waals surface area (Å²) < 4.78 is 0. The maximum atomic E-state index is 11.5. The van der Waals surface area contributed by atoms with Gasteiger partial charge in [-0.1, -0.05) is 40.2 Å². The van der Waals surface area contributed by atoms with Crippen molar-refractivity contribution in [1.82, 2.24) is 5.32 Å². The first-order chi connectivity index (χ1) is 8.57. The van der Waals surface area contributed by atoms with Gasteiger partial charge in [-0.05, 0) is 24.8 Å². The molecule has 0 saturated heterocycles. The fraction of sp³-hybridized carbons (Fsp3) is 0.385. The van der Waals surface area contributed by atoms with Gasteiger partial charge >= 0.3 is 6.09 Å². The summed E-state index contributed by atoms with van der Waals surface area (Å²) >= 11 is 3.13. The van der Waals surface area contributed by atoms with Crippen LogP contribution in [0, 0.1) is 0 Å². The molecule has 96 valence electrons. The average Bonchev–Trinajstić information content (AvgIpc) is 2.33. The lowest BCUT2D eigenvalue weighted by atomic mass is 9.72. The molecule has 1 aromatic rings. The van der Waals surface area contributed by atoms with Crippen molar-refractivity contribution in [3.05, 3.63) is 35.4 Å². The van der Waals surface area contributed by atoms with E-state index in [1.807, 2.05) is 12.1 Å². The molecule has 5 heteroatoms. The van der Waals surface area contributed by atoms with Gasteiger partial charge < -0.3 is 10.4 Å². The minimum Gasteiger partial charge on any atom is -0.465 e. The van der Waals surface area contributed by atoms with Gasteiger partial charge in [0, 0.05) is 5.56 Å². The lowest BCUT2D eigenvalue weighted by molar-refractivity contribution is 0.102. The summed E-state index contributed by atoms with van der Waals surface area (Å²) in [5.74, 6) is 0.0235. The Kier molecular flexibility index (Phi) is 3.71. The predicted octanol–water partition coefficient (Wildman–Crippen LogP) is 2.91. The summed E-state index contributed by atoms with van der Waals surface area (Å²) in [6.07, 6.45) is 1.63. The van der Waals surface area contributed by atoms with Crippen molar-refractivity contribution in [3.8, 4) is 0 Å². The third kappa shape index (κ3) is 2.41. The fourth-order valence-corrected chi connectivity index (χ4v) is 2.60. The highest BCUT2D eigenvalue weighted by Crippen LogP contribution is 2.41. The smallest absolute Gasteiger partial charge is 0.405 e. The van der Waals surface area contributed by atoms with E-state index in [0.717, 1.165) is 24.8 Å². The van der Waals surface area contributed by atoms with E-state index in [-0.39, 0.29) is 5.78 Å². The maximum Gasteiger partial charge on any atom is 0.405 e. The van der Waals surface area contributed by atoms with Crippen molar-refractivity contribution in [2.75, 3.05) is 5.33 Å². The lowest BCUT2D eigenvalue weighted by Crippen LogP contribution is -2.50. The van der Waals surface area contributed by atoms with E-state index < -0.39 is 11.6 Å².